The molecule has 1 amide bonds. The Balaban J connectivity index is 1.42. The number of ether oxygens (including phenoxy) is 1. The molecule has 160 valence electrons. The lowest BCUT2D eigenvalue weighted by Gasteiger charge is -2.34. The summed E-state index contributed by atoms with van der Waals surface area (Å²) >= 11 is 1.30. The first-order valence-electron chi connectivity index (χ1n) is 9.45. The predicted molar refractivity (Wildman–Crippen MR) is 107 cm³/mol. The number of hydrogen-bond acceptors (Lipinski definition) is 6. The molecular weight excluding hydrogens is 419 g/mol. The van der Waals surface area contributed by atoms with Crippen LogP contribution in [0.4, 0.5) is 18.3 Å². The Hall–Kier alpha value is -2.82. The van der Waals surface area contributed by atoms with Gasteiger partial charge in [-0.05, 0) is 32.0 Å². The van der Waals surface area contributed by atoms with Gasteiger partial charge in [-0.3, -0.25) is 9.48 Å². The number of carbonyl (C=O) groups excluding carboxylic acids is 1. The Morgan fingerprint density at radius 2 is 1.90 bits per heavy atom. The van der Waals surface area contributed by atoms with Gasteiger partial charge in [0.1, 0.15) is 11.4 Å². The van der Waals surface area contributed by atoms with Gasteiger partial charge in [0, 0.05) is 44.5 Å². The van der Waals surface area contributed by atoms with Crippen LogP contribution < -0.4 is 9.64 Å². The van der Waals surface area contributed by atoms with E-state index in [2.05, 4.69) is 14.8 Å². The van der Waals surface area contributed by atoms with E-state index in [0.717, 1.165) is 0 Å². The Morgan fingerprint density at radius 3 is 2.53 bits per heavy atom. The van der Waals surface area contributed by atoms with Crippen LogP contribution in [-0.4, -0.2) is 58.1 Å². The van der Waals surface area contributed by atoms with Gasteiger partial charge in [0.2, 0.25) is 0 Å². The Bertz CT molecular complexity index is 1050. The van der Waals surface area contributed by atoms with Crippen LogP contribution >= 0.6 is 11.3 Å². The summed E-state index contributed by atoms with van der Waals surface area (Å²) in [5.74, 6) is -0.367. The Kier molecular flexibility index (Phi) is 5.31. The number of halogens is 3. The fourth-order valence-corrected chi connectivity index (χ4v) is 4.27. The number of thiazole rings is 1. The van der Waals surface area contributed by atoms with E-state index >= 15 is 0 Å². The van der Waals surface area contributed by atoms with Crippen LogP contribution in [0.5, 0.6) is 5.75 Å². The van der Waals surface area contributed by atoms with Gasteiger partial charge in [-0.15, -0.1) is 13.2 Å². The van der Waals surface area contributed by atoms with Crippen molar-refractivity contribution in [3.05, 3.63) is 36.2 Å². The molecule has 1 fully saturated rings. The molecule has 0 saturated carbocycles. The molecule has 1 aliphatic heterocycles. The predicted octanol–water partition coefficient (Wildman–Crippen LogP) is 3.93. The fraction of sp³-hybridized carbons (Fsp3) is 0.421. The lowest BCUT2D eigenvalue weighted by atomic mass is 10.3. The van der Waals surface area contributed by atoms with Crippen molar-refractivity contribution in [1.29, 1.82) is 0 Å². The summed E-state index contributed by atoms with van der Waals surface area (Å²) in [6, 6.07) is 6.02. The topological polar surface area (TPSA) is 63.5 Å². The first-order chi connectivity index (χ1) is 14.2. The van der Waals surface area contributed by atoms with Crippen LogP contribution in [0, 0.1) is 0 Å². The fourth-order valence-electron chi connectivity index (χ4n) is 3.23. The summed E-state index contributed by atoms with van der Waals surface area (Å²) in [5.41, 5.74) is 1.04. The summed E-state index contributed by atoms with van der Waals surface area (Å²) in [7, 11) is 0. The lowest BCUT2D eigenvalue weighted by molar-refractivity contribution is -0.274. The highest BCUT2D eigenvalue weighted by atomic mass is 32.1. The summed E-state index contributed by atoms with van der Waals surface area (Å²) < 4.78 is 43.6. The van der Waals surface area contributed by atoms with Crippen molar-refractivity contribution in [2.45, 2.75) is 26.3 Å². The maximum atomic E-state index is 12.7. The number of hydrogen-bond donors (Lipinski definition) is 0. The molecule has 1 saturated heterocycles. The van der Waals surface area contributed by atoms with Crippen LogP contribution in [0.2, 0.25) is 0 Å². The standard InChI is InChI=1S/C19H20F3N5O2S/c1-12(2)27-6-5-15(24-27)17(28)25-7-9-26(10-8-25)18-23-14-4-3-13(11-16(14)30-18)29-19(20,21)22/h3-6,11-12H,7-10H2,1-2H3. The second-order valence-electron chi connectivity index (χ2n) is 7.23. The van der Waals surface area contributed by atoms with E-state index in [1.807, 2.05) is 18.7 Å². The van der Waals surface area contributed by atoms with Crippen molar-refractivity contribution in [3.8, 4) is 5.75 Å². The maximum Gasteiger partial charge on any atom is 0.573 e. The molecule has 1 aromatic carbocycles. The van der Waals surface area contributed by atoms with Crippen LogP contribution in [0.1, 0.15) is 30.4 Å². The van der Waals surface area contributed by atoms with Crippen molar-refractivity contribution >= 4 is 32.6 Å². The van der Waals surface area contributed by atoms with Gasteiger partial charge in [-0.1, -0.05) is 11.3 Å². The lowest BCUT2D eigenvalue weighted by Crippen LogP contribution is -2.48. The molecule has 0 spiro atoms. The van der Waals surface area contributed by atoms with E-state index in [0.29, 0.717) is 47.2 Å². The maximum absolute atomic E-state index is 12.7. The number of alkyl halides is 3. The van der Waals surface area contributed by atoms with Gasteiger partial charge >= 0.3 is 6.36 Å². The normalized spacial score (nSPS) is 15.3. The number of aromatic nitrogens is 3. The smallest absolute Gasteiger partial charge is 0.406 e. The zero-order chi connectivity index (χ0) is 21.5. The molecule has 30 heavy (non-hydrogen) atoms. The van der Waals surface area contributed by atoms with Gasteiger partial charge in [-0.25, -0.2) is 4.98 Å². The molecule has 0 bridgehead atoms. The van der Waals surface area contributed by atoms with Crippen LogP contribution in [0.15, 0.2) is 30.5 Å². The average molecular weight is 439 g/mol. The second-order valence-corrected chi connectivity index (χ2v) is 8.24. The molecule has 0 unspecified atom stereocenters. The van der Waals surface area contributed by atoms with E-state index in [4.69, 9.17) is 0 Å². The van der Waals surface area contributed by atoms with Gasteiger partial charge in [0.15, 0.2) is 5.13 Å². The zero-order valence-electron chi connectivity index (χ0n) is 16.4. The molecule has 4 rings (SSSR count). The monoisotopic (exact) mass is 439 g/mol. The van der Waals surface area contributed by atoms with Crippen molar-refractivity contribution in [3.63, 3.8) is 0 Å². The number of carbonyl (C=O) groups is 1. The second kappa shape index (κ2) is 7.78. The van der Waals surface area contributed by atoms with E-state index in [1.165, 1.54) is 29.5 Å². The number of piperazine rings is 1. The minimum absolute atomic E-state index is 0.104. The van der Waals surface area contributed by atoms with Gasteiger partial charge in [0.25, 0.3) is 5.91 Å². The number of anilines is 1. The van der Waals surface area contributed by atoms with E-state index in [9.17, 15) is 18.0 Å². The molecule has 0 radical (unpaired) electrons. The molecule has 0 N–H and O–H groups in total. The van der Waals surface area contributed by atoms with Crippen LogP contribution in [-0.2, 0) is 0 Å². The molecule has 11 heteroatoms. The highest BCUT2D eigenvalue weighted by Crippen LogP contribution is 2.33. The van der Waals surface area contributed by atoms with Gasteiger partial charge < -0.3 is 14.5 Å². The first-order valence-corrected chi connectivity index (χ1v) is 10.3. The third-order valence-corrected chi connectivity index (χ3v) is 5.86. The Labute approximate surface area is 174 Å². The summed E-state index contributed by atoms with van der Waals surface area (Å²) in [5, 5.41) is 5.05. The van der Waals surface area contributed by atoms with Crippen molar-refractivity contribution in [2.75, 3.05) is 31.1 Å². The summed E-state index contributed by atoms with van der Waals surface area (Å²) in [6.07, 6.45) is -2.93. The van der Waals surface area contributed by atoms with Crippen LogP contribution in [0.3, 0.4) is 0 Å². The van der Waals surface area contributed by atoms with Crippen LogP contribution in [0.25, 0.3) is 10.2 Å². The number of amides is 1. The molecule has 0 aliphatic carbocycles. The number of benzene rings is 1. The number of fused-ring (bicyclic) bond motifs is 1. The number of rotatable bonds is 4. The third kappa shape index (κ3) is 4.35. The number of nitrogens with zero attached hydrogens (tertiary/aromatic N) is 5. The SMILES string of the molecule is CC(C)n1ccc(C(=O)N2CCN(c3nc4ccc(OC(F)(F)F)cc4s3)CC2)n1. The zero-order valence-corrected chi connectivity index (χ0v) is 17.2. The summed E-state index contributed by atoms with van der Waals surface area (Å²) in [4.78, 5) is 21.0. The van der Waals surface area contributed by atoms with Gasteiger partial charge in [0.05, 0.1) is 10.2 Å². The molecule has 3 aromatic rings. The van der Waals surface area contributed by atoms with E-state index in [-0.39, 0.29) is 17.7 Å². The average Bonchev–Trinajstić information content (AvgIpc) is 3.33. The molecule has 1 aliphatic rings. The minimum atomic E-state index is -4.73. The summed E-state index contributed by atoms with van der Waals surface area (Å²) in [6.45, 7) is 6.20. The van der Waals surface area contributed by atoms with Gasteiger partial charge in [-0.2, -0.15) is 5.10 Å². The van der Waals surface area contributed by atoms with Crippen molar-refractivity contribution in [1.82, 2.24) is 19.7 Å². The third-order valence-electron chi connectivity index (χ3n) is 4.78. The molecule has 0 atom stereocenters. The largest absolute Gasteiger partial charge is 0.573 e. The molecule has 7 nitrogen and oxygen atoms in total. The van der Waals surface area contributed by atoms with Crippen molar-refractivity contribution in [2.24, 2.45) is 0 Å². The highest BCUT2D eigenvalue weighted by Gasteiger charge is 2.31. The molecule has 2 aromatic heterocycles. The first kappa shape index (κ1) is 20.5. The molecular formula is C19H20F3N5O2S. The Morgan fingerprint density at radius 1 is 1.17 bits per heavy atom. The minimum Gasteiger partial charge on any atom is -0.406 e. The molecule has 3 heterocycles. The van der Waals surface area contributed by atoms with E-state index < -0.39 is 6.36 Å². The quantitative estimate of drug-likeness (QED) is 0.616. The highest BCUT2D eigenvalue weighted by molar-refractivity contribution is 7.22. The van der Waals surface area contributed by atoms with Crippen molar-refractivity contribution < 1.29 is 22.7 Å². The van der Waals surface area contributed by atoms with E-state index in [1.54, 1.807) is 21.8 Å².